The van der Waals surface area contributed by atoms with Gasteiger partial charge in [-0.2, -0.15) is 5.21 Å². The Balaban J connectivity index is 1.55. The topological polar surface area (TPSA) is 95.0 Å². The van der Waals surface area contributed by atoms with Crippen LogP contribution in [0, 0.1) is 11.6 Å². The fourth-order valence-corrected chi connectivity index (χ4v) is 2.84. The highest BCUT2D eigenvalue weighted by molar-refractivity contribution is 5.76. The van der Waals surface area contributed by atoms with E-state index in [4.69, 9.17) is 0 Å². The fraction of sp³-hybridized carbons (Fsp3) is 0.467. The minimum absolute atomic E-state index is 0.0843. The zero-order valence-corrected chi connectivity index (χ0v) is 12.9. The molecule has 7 nitrogen and oxygen atoms in total. The van der Waals surface area contributed by atoms with Gasteiger partial charge in [0.2, 0.25) is 11.7 Å². The molecule has 1 amide bonds. The number of aromatic nitrogens is 4. The predicted octanol–water partition coefficient (Wildman–Crippen LogP) is 0.921. The van der Waals surface area contributed by atoms with E-state index in [0.29, 0.717) is 25.9 Å². The van der Waals surface area contributed by atoms with Crippen molar-refractivity contribution in [1.82, 2.24) is 25.5 Å². The minimum atomic E-state index is -1.20. The predicted molar refractivity (Wildman–Crippen MR) is 78.6 cm³/mol. The number of nitrogens with one attached hydrogen (secondary N) is 1. The van der Waals surface area contributed by atoms with Crippen molar-refractivity contribution < 1.29 is 18.7 Å². The van der Waals surface area contributed by atoms with Crippen molar-refractivity contribution in [3.8, 4) is 0 Å². The third-order valence-corrected chi connectivity index (χ3v) is 4.32. The summed E-state index contributed by atoms with van der Waals surface area (Å²) in [5, 5.41) is 23.8. The number of piperidine rings is 1. The molecule has 1 fully saturated rings. The zero-order valence-electron chi connectivity index (χ0n) is 12.9. The fourth-order valence-electron chi connectivity index (χ4n) is 2.84. The number of aliphatic hydroxyl groups is 1. The monoisotopic (exact) mass is 337 g/mol. The Morgan fingerprint density at radius 3 is 2.75 bits per heavy atom. The molecule has 1 aliphatic heterocycles. The Morgan fingerprint density at radius 2 is 2.08 bits per heavy atom. The van der Waals surface area contributed by atoms with E-state index in [1.807, 2.05) is 0 Å². The molecular formula is C15H17F2N5O2. The highest BCUT2D eigenvalue weighted by Crippen LogP contribution is 2.30. The number of carbonyl (C=O) groups excluding carboxylic acids is 1. The molecule has 9 heteroatoms. The van der Waals surface area contributed by atoms with Gasteiger partial charge in [0.05, 0.1) is 0 Å². The number of halogens is 2. The van der Waals surface area contributed by atoms with Crippen LogP contribution >= 0.6 is 0 Å². The molecule has 2 N–H and O–H groups in total. The van der Waals surface area contributed by atoms with Gasteiger partial charge in [0, 0.05) is 32.4 Å². The van der Waals surface area contributed by atoms with E-state index in [1.165, 1.54) is 0 Å². The molecule has 0 radical (unpaired) electrons. The van der Waals surface area contributed by atoms with Crippen LogP contribution in [0.4, 0.5) is 8.78 Å². The summed E-state index contributed by atoms with van der Waals surface area (Å²) in [7, 11) is 0. The van der Waals surface area contributed by atoms with E-state index < -0.39 is 17.2 Å². The molecule has 128 valence electrons. The highest BCUT2D eigenvalue weighted by atomic mass is 19.1. The molecule has 1 aromatic heterocycles. The largest absolute Gasteiger partial charge is 0.382 e. The van der Waals surface area contributed by atoms with Crippen molar-refractivity contribution in [3.05, 3.63) is 41.2 Å². The second kappa shape index (κ2) is 6.60. The summed E-state index contributed by atoms with van der Waals surface area (Å²) in [6.45, 7) is 0.686. The maximum absolute atomic E-state index is 13.6. The van der Waals surface area contributed by atoms with Gasteiger partial charge in [-0.15, -0.1) is 10.2 Å². The van der Waals surface area contributed by atoms with Crippen molar-refractivity contribution in [1.29, 1.82) is 0 Å². The first kappa shape index (κ1) is 16.4. The summed E-state index contributed by atoms with van der Waals surface area (Å²) in [6.07, 6.45) is 0.814. The summed E-state index contributed by atoms with van der Waals surface area (Å²) in [6, 6.07) is 3.21. The third-order valence-electron chi connectivity index (χ3n) is 4.32. The smallest absolute Gasteiger partial charge is 0.222 e. The Hall–Kier alpha value is -2.42. The van der Waals surface area contributed by atoms with Gasteiger partial charge in [0.25, 0.3) is 0 Å². The van der Waals surface area contributed by atoms with Crippen molar-refractivity contribution >= 4 is 5.91 Å². The van der Waals surface area contributed by atoms with Crippen LogP contribution in [0.5, 0.6) is 0 Å². The molecule has 0 saturated carbocycles. The van der Waals surface area contributed by atoms with Crippen molar-refractivity contribution in [2.45, 2.75) is 31.3 Å². The molecule has 0 bridgehead atoms. The van der Waals surface area contributed by atoms with E-state index in [0.717, 1.165) is 18.2 Å². The zero-order chi connectivity index (χ0) is 17.2. The average molecular weight is 337 g/mol. The van der Waals surface area contributed by atoms with Crippen molar-refractivity contribution in [2.24, 2.45) is 0 Å². The average Bonchev–Trinajstić information content (AvgIpc) is 3.11. The molecule has 1 saturated heterocycles. The maximum atomic E-state index is 13.6. The number of nitrogens with zero attached hydrogens (tertiary/aromatic N) is 4. The summed E-state index contributed by atoms with van der Waals surface area (Å²) in [4.78, 5) is 13.8. The maximum Gasteiger partial charge on any atom is 0.222 e. The van der Waals surface area contributed by atoms with Gasteiger partial charge >= 0.3 is 0 Å². The van der Waals surface area contributed by atoms with Gasteiger partial charge < -0.3 is 10.0 Å². The quantitative estimate of drug-likeness (QED) is 0.865. The Labute approximate surface area is 136 Å². The molecule has 1 aliphatic rings. The van der Waals surface area contributed by atoms with Crippen LogP contribution in [0.2, 0.25) is 0 Å². The van der Waals surface area contributed by atoms with Gasteiger partial charge in [-0.3, -0.25) is 4.79 Å². The molecule has 2 heterocycles. The Bertz CT molecular complexity index is 715. The summed E-state index contributed by atoms with van der Waals surface area (Å²) < 4.78 is 26.7. The standard InChI is InChI=1S/C15H17F2N5O2/c16-11-2-3-12(17)10(9-11)1-4-13(23)22-7-5-15(24,6-8-22)14-18-20-21-19-14/h2-3,9,24H,1,4-8H2,(H,18,19,20,21). The number of aromatic amines is 1. The van der Waals surface area contributed by atoms with E-state index in [9.17, 15) is 18.7 Å². The van der Waals surface area contributed by atoms with Crippen molar-refractivity contribution in [3.63, 3.8) is 0 Å². The number of carbonyl (C=O) groups is 1. The number of benzene rings is 1. The first-order valence-corrected chi connectivity index (χ1v) is 7.66. The molecule has 1 aromatic carbocycles. The molecule has 0 aliphatic carbocycles. The Morgan fingerprint density at radius 1 is 1.33 bits per heavy atom. The minimum Gasteiger partial charge on any atom is -0.382 e. The molecule has 3 rings (SSSR count). The van der Waals surface area contributed by atoms with Gasteiger partial charge in [0.1, 0.15) is 17.2 Å². The molecule has 2 aromatic rings. The number of hydrogen-bond donors (Lipinski definition) is 2. The molecule has 0 atom stereocenters. The third kappa shape index (κ3) is 3.40. The van der Waals surface area contributed by atoms with E-state index in [1.54, 1.807) is 4.90 Å². The molecule has 0 spiro atoms. The first-order chi connectivity index (χ1) is 11.5. The first-order valence-electron chi connectivity index (χ1n) is 7.66. The van der Waals surface area contributed by atoms with Gasteiger partial charge in [-0.1, -0.05) is 5.21 Å². The van der Waals surface area contributed by atoms with Crippen LogP contribution in [0.1, 0.15) is 30.7 Å². The number of rotatable bonds is 4. The van der Waals surface area contributed by atoms with Crippen LogP contribution in [0.25, 0.3) is 0 Å². The SMILES string of the molecule is O=C(CCc1cc(F)ccc1F)N1CCC(O)(c2nn[nH]n2)CC1. The van der Waals surface area contributed by atoms with Gasteiger partial charge in [-0.25, -0.2) is 8.78 Å². The lowest BCUT2D eigenvalue weighted by molar-refractivity contribution is -0.136. The second-order valence-electron chi connectivity index (χ2n) is 5.88. The number of likely N-dealkylation sites (tertiary alicyclic amines) is 1. The van der Waals surface area contributed by atoms with Crippen LogP contribution in [-0.4, -0.2) is 49.6 Å². The number of hydrogen-bond acceptors (Lipinski definition) is 5. The molecule has 0 unspecified atom stereocenters. The summed E-state index contributed by atoms with van der Waals surface area (Å²) in [5.74, 6) is -0.985. The van der Waals surface area contributed by atoms with Crippen LogP contribution in [0.15, 0.2) is 18.2 Å². The van der Waals surface area contributed by atoms with Gasteiger partial charge in [0.15, 0.2) is 0 Å². The van der Waals surface area contributed by atoms with E-state index in [-0.39, 0.29) is 30.1 Å². The number of H-pyrrole nitrogens is 1. The number of aryl methyl sites for hydroxylation is 1. The lowest BCUT2D eigenvalue weighted by Crippen LogP contribution is -2.45. The lowest BCUT2D eigenvalue weighted by atomic mass is 9.90. The van der Waals surface area contributed by atoms with E-state index in [2.05, 4.69) is 20.6 Å². The number of tetrazole rings is 1. The van der Waals surface area contributed by atoms with E-state index >= 15 is 0 Å². The highest BCUT2D eigenvalue weighted by Gasteiger charge is 2.38. The van der Waals surface area contributed by atoms with Crippen LogP contribution in [0.3, 0.4) is 0 Å². The second-order valence-corrected chi connectivity index (χ2v) is 5.88. The summed E-state index contributed by atoms with van der Waals surface area (Å²) in [5.41, 5.74) is -1.01. The summed E-state index contributed by atoms with van der Waals surface area (Å²) >= 11 is 0. The molecular weight excluding hydrogens is 320 g/mol. The van der Waals surface area contributed by atoms with Crippen LogP contribution < -0.4 is 0 Å². The normalized spacial score (nSPS) is 17.0. The lowest BCUT2D eigenvalue weighted by Gasteiger charge is -2.36. The van der Waals surface area contributed by atoms with Crippen molar-refractivity contribution in [2.75, 3.05) is 13.1 Å². The van der Waals surface area contributed by atoms with Crippen LogP contribution in [-0.2, 0) is 16.8 Å². The number of amides is 1. The van der Waals surface area contributed by atoms with Gasteiger partial charge in [-0.05, 0) is 30.2 Å². The molecule has 24 heavy (non-hydrogen) atoms. The Kier molecular flexibility index (Phi) is 4.52.